The van der Waals surface area contributed by atoms with Crippen molar-refractivity contribution in [3.63, 3.8) is 0 Å². The average Bonchev–Trinajstić information content (AvgIpc) is 3.21. The highest BCUT2D eigenvalue weighted by Gasteiger charge is 2.44. The summed E-state index contributed by atoms with van der Waals surface area (Å²) in [5.74, 6) is 0.770. The number of anilines is 2. The van der Waals surface area contributed by atoms with E-state index < -0.39 is 16.5 Å². The maximum Gasteiger partial charge on any atom is 0.248 e. The molecule has 0 unspecified atom stereocenters. The molecule has 1 aliphatic rings. The zero-order valence-electron chi connectivity index (χ0n) is 20.0. The molecule has 0 spiro atoms. The fourth-order valence-electron chi connectivity index (χ4n) is 4.26. The van der Waals surface area contributed by atoms with Gasteiger partial charge in [0.25, 0.3) is 0 Å². The van der Waals surface area contributed by atoms with Crippen molar-refractivity contribution < 1.29 is 24.6 Å². The fourth-order valence-corrected chi connectivity index (χ4v) is 5.74. The molecule has 37 heavy (non-hydrogen) atoms. The van der Waals surface area contributed by atoms with Crippen LogP contribution in [0.15, 0.2) is 66.7 Å². The van der Waals surface area contributed by atoms with E-state index in [2.05, 4.69) is 5.92 Å². The first-order valence-corrected chi connectivity index (χ1v) is 12.5. The second-order valence-corrected chi connectivity index (χ2v) is 9.63. The number of rotatable bonds is 7. The topological polar surface area (TPSA) is 124 Å². The van der Waals surface area contributed by atoms with Gasteiger partial charge in [-0.15, -0.1) is 18.2 Å². The Balaban J connectivity index is 1.69. The van der Waals surface area contributed by atoms with Gasteiger partial charge in [-0.1, -0.05) is 30.2 Å². The lowest BCUT2D eigenvalue weighted by atomic mass is 10.1. The minimum Gasteiger partial charge on any atom is -0.504 e. The Morgan fingerprint density at radius 2 is 1.84 bits per heavy atom. The second-order valence-electron chi connectivity index (χ2n) is 8.35. The van der Waals surface area contributed by atoms with Crippen molar-refractivity contribution in [2.45, 2.75) is 24.0 Å². The number of phenols is 2. The molecular formula is C28H25N3O5S. The highest BCUT2D eigenvalue weighted by atomic mass is 32.2. The van der Waals surface area contributed by atoms with Gasteiger partial charge < -0.3 is 20.8 Å². The summed E-state index contributed by atoms with van der Waals surface area (Å²) in [6, 6.07) is 17.9. The third-order valence-corrected chi connectivity index (χ3v) is 7.50. The highest BCUT2D eigenvalue weighted by molar-refractivity contribution is 8.01. The number of carbonyl (C=O) groups is 3. The summed E-state index contributed by atoms with van der Waals surface area (Å²) in [7, 11) is 0. The van der Waals surface area contributed by atoms with Gasteiger partial charge in [-0.25, -0.2) is 0 Å². The number of benzene rings is 3. The van der Waals surface area contributed by atoms with Gasteiger partial charge in [0.1, 0.15) is 5.37 Å². The lowest BCUT2D eigenvalue weighted by molar-refractivity contribution is -0.123. The SMILES string of the molecule is C#Cc1ccccc1[C@@H]1S[C@H](CC(=O)N(CC)c2ccc(O)c(O)c2)C(=O)N1c1cccc(C(N)=O)c1. The van der Waals surface area contributed by atoms with Gasteiger partial charge >= 0.3 is 0 Å². The van der Waals surface area contributed by atoms with Crippen molar-refractivity contribution in [1.29, 1.82) is 0 Å². The van der Waals surface area contributed by atoms with Crippen molar-refractivity contribution in [3.8, 4) is 23.8 Å². The molecule has 1 fully saturated rings. The molecular weight excluding hydrogens is 490 g/mol. The van der Waals surface area contributed by atoms with E-state index in [-0.39, 0.29) is 35.3 Å². The Kier molecular flexibility index (Phi) is 7.41. The van der Waals surface area contributed by atoms with E-state index in [0.717, 1.165) is 5.56 Å². The molecule has 188 valence electrons. The van der Waals surface area contributed by atoms with Crippen LogP contribution >= 0.6 is 11.8 Å². The minimum atomic E-state index is -0.736. The van der Waals surface area contributed by atoms with Crippen LogP contribution in [-0.2, 0) is 9.59 Å². The summed E-state index contributed by atoms with van der Waals surface area (Å²) in [5.41, 5.74) is 7.94. The summed E-state index contributed by atoms with van der Waals surface area (Å²) >= 11 is 1.30. The molecule has 0 aromatic heterocycles. The van der Waals surface area contributed by atoms with Crippen molar-refractivity contribution in [1.82, 2.24) is 0 Å². The number of phenolic OH excluding ortho intramolecular Hbond substituents is 2. The number of aromatic hydroxyl groups is 2. The van der Waals surface area contributed by atoms with Gasteiger partial charge in [0.2, 0.25) is 17.7 Å². The first-order chi connectivity index (χ1) is 17.7. The van der Waals surface area contributed by atoms with E-state index in [1.165, 1.54) is 34.9 Å². The van der Waals surface area contributed by atoms with E-state index in [1.54, 1.807) is 42.2 Å². The minimum absolute atomic E-state index is 0.111. The number of nitrogens with two attached hydrogens (primary N) is 1. The van der Waals surface area contributed by atoms with Gasteiger partial charge in [-0.2, -0.15) is 0 Å². The molecule has 9 heteroatoms. The zero-order valence-corrected chi connectivity index (χ0v) is 20.8. The Hall–Kier alpha value is -4.42. The number of carbonyl (C=O) groups excluding carboxylic acids is 3. The van der Waals surface area contributed by atoms with Gasteiger partial charge in [0.05, 0.1) is 5.25 Å². The summed E-state index contributed by atoms with van der Waals surface area (Å²) in [6.07, 6.45) is 5.63. The monoisotopic (exact) mass is 515 g/mol. The number of thioether (sulfide) groups is 1. The number of amides is 3. The third kappa shape index (κ3) is 5.10. The standard InChI is InChI=1S/C28H25N3O5S/c1-3-17-8-5-6-11-21(17)28-31(20-10-7-9-18(14-20)26(29)35)27(36)24(37-28)16-25(34)30(4-2)19-12-13-22(32)23(33)15-19/h1,5-15,24,28,32-33H,4,16H2,2H3,(H2,29,35)/t24-,28+/m1/s1. The first-order valence-electron chi connectivity index (χ1n) is 11.5. The molecule has 0 saturated carbocycles. The van der Waals surface area contributed by atoms with Crippen LogP contribution < -0.4 is 15.5 Å². The number of terminal acetylenes is 1. The van der Waals surface area contributed by atoms with Crippen molar-refractivity contribution in [2.75, 3.05) is 16.3 Å². The molecule has 3 aromatic carbocycles. The zero-order chi connectivity index (χ0) is 26.7. The van der Waals surface area contributed by atoms with Crippen molar-refractivity contribution in [2.24, 2.45) is 5.73 Å². The largest absolute Gasteiger partial charge is 0.504 e. The van der Waals surface area contributed by atoms with Crippen LogP contribution in [0.25, 0.3) is 0 Å². The normalized spacial score (nSPS) is 16.9. The summed E-state index contributed by atoms with van der Waals surface area (Å²) in [4.78, 5) is 41.9. The van der Waals surface area contributed by atoms with Crippen molar-refractivity contribution in [3.05, 3.63) is 83.4 Å². The molecule has 0 aliphatic carbocycles. The Bertz CT molecular complexity index is 1420. The lowest BCUT2D eigenvalue weighted by Crippen LogP contribution is -2.36. The van der Waals surface area contributed by atoms with Gasteiger partial charge in [-0.3, -0.25) is 19.3 Å². The number of primary amides is 1. The van der Waals surface area contributed by atoms with E-state index in [9.17, 15) is 24.6 Å². The molecule has 3 aromatic rings. The van der Waals surface area contributed by atoms with Gasteiger partial charge in [-0.05, 0) is 43.3 Å². The summed E-state index contributed by atoms with van der Waals surface area (Å²) < 4.78 is 0. The Labute approximate surface area is 218 Å². The molecule has 8 nitrogen and oxygen atoms in total. The summed E-state index contributed by atoms with van der Waals surface area (Å²) in [6.45, 7) is 2.07. The Morgan fingerprint density at radius 1 is 1.08 bits per heavy atom. The molecule has 1 saturated heterocycles. The molecule has 1 aliphatic heterocycles. The smallest absolute Gasteiger partial charge is 0.248 e. The molecule has 0 bridgehead atoms. The quantitative estimate of drug-likeness (QED) is 0.325. The van der Waals surface area contributed by atoms with Crippen LogP contribution in [0.1, 0.15) is 40.2 Å². The lowest BCUT2D eigenvalue weighted by Gasteiger charge is -2.25. The predicted octanol–water partition coefficient (Wildman–Crippen LogP) is 3.77. The third-order valence-electron chi connectivity index (χ3n) is 6.08. The maximum atomic E-state index is 13.7. The number of hydrogen-bond donors (Lipinski definition) is 3. The predicted molar refractivity (Wildman–Crippen MR) is 143 cm³/mol. The molecule has 3 amide bonds. The highest BCUT2D eigenvalue weighted by Crippen LogP contribution is 2.47. The number of nitrogens with zero attached hydrogens (tertiary/aromatic N) is 2. The summed E-state index contributed by atoms with van der Waals surface area (Å²) in [5, 5.41) is 18.2. The van der Waals surface area contributed by atoms with Crippen LogP contribution in [0.4, 0.5) is 11.4 Å². The van der Waals surface area contributed by atoms with Gasteiger partial charge in [0, 0.05) is 47.1 Å². The van der Waals surface area contributed by atoms with Crippen molar-refractivity contribution >= 4 is 40.9 Å². The molecule has 2 atom stereocenters. The molecule has 1 heterocycles. The fraction of sp³-hybridized carbons (Fsp3) is 0.179. The van der Waals surface area contributed by atoms with E-state index in [4.69, 9.17) is 12.2 Å². The molecule has 4 rings (SSSR count). The Morgan fingerprint density at radius 3 is 2.51 bits per heavy atom. The van der Waals surface area contributed by atoms with Gasteiger partial charge in [0.15, 0.2) is 11.5 Å². The van der Waals surface area contributed by atoms with E-state index >= 15 is 0 Å². The van der Waals surface area contributed by atoms with E-state index in [0.29, 0.717) is 23.5 Å². The van der Waals surface area contributed by atoms with Crippen LogP contribution in [-0.4, -0.2) is 39.7 Å². The average molecular weight is 516 g/mol. The second kappa shape index (κ2) is 10.7. The van der Waals surface area contributed by atoms with Crippen LogP contribution in [0.5, 0.6) is 11.5 Å². The van der Waals surface area contributed by atoms with Crippen LogP contribution in [0, 0.1) is 12.3 Å². The van der Waals surface area contributed by atoms with E-state index in [1.807, 2.05) is 18.2 Å². The van der Waals surface area contributed by atoms with Crippen LogP contribution in [0.2, 0.25) is 0 Å². The molecule has 4 N–H and O–H groups in total. The maximum absolute atomic E-state index is 13.7. The molecule has 0 radical (unpaired) electrons. The number of hydrogen-bond acceptors (Lipinski definition) is 6. The van der Waals surface area contributed by atoms with Crippen LogP contribution in [0.3, 0.4) is 0 Å². The first kappa shape index (κ1) is 25.7.